The Morgan fingerprint density at radius 3 is 3.31 bits per heavy atom. The van der Waals surface area contributed by atoms with Gasteiger partial charge < -0.3 is 15.0 Å². The number of fused-ring (bicyclic) bond motifs is 1. The second-order valence-electron chi connectivity index (χ2n) is 4.65. The van der Waals surface area contributed by atoms with E-state index in [2.05, 4.69) is 23.3 Å². The number of nitrogens with zero attached hydrogens (tertiary/aromatic N) is 1. The summed E-state index contributed by atoms with van der Waals surface area (Å²) in [6.07, 6.45) is 1.49. The van der Waals surface area contributed by atoms with Gasteiger partial charge in [0.1, 0.15) is 6.10 Å². The molecule has 0 amide bonds. The van der Waals surface area contributed by atoms with Crippen molar-refractivity contribution >= 4 is 11.3 Å². The first kappa shape index (κ1) is 10.7. The molecule has 1 unspecified atom stereocenters. The van der Waals surface area contributed by atoms with Gasteiger partial charge in [-0.15, -0.1) is 11.3 Å². The number of nitrogens with one attached hydrogen (secondary N) is 1. The predicted octanol–water partition coefficient (Wildman–Crippen LogP) is 1.40. The Labute approximate surface area is 100 Å². The molecular weight excluding hydrogens is 220 g/mol. The SMILES string of the molecule is CN1CCc2sc(C3CNCCO3)cc2C1. The molecule has 0 radical (unpaired) electrons. The number of hydrogen-bond acceptors (Lipinski definition) is 4. The highest BCUT2D eigenvalue weighted by Crippen LogP contribution is 2.33. The van der Waals surface area contributed by atoms with Crippen LogP contribution in [0, 0.1) is 0 Å². The minimum Gasteiger partial charge on any atom is -0.370 e. The van der Waals surface area contributed by atoms with Gasteiger partial charge in [-0.05, 0) is 25.1 Å². The van der Waals surface area contributed by atoms with Gasteiger partial charge in [0.25, 0.3) is 0 Å². The van der Waals surface area contributed by atoms with E-state index < -0.39 is 0 Å². The second-order valence-corrected chi connectivity index (χ2v) is 5.82. The van der Waals surface area contributed by atoms with Gasteiger partial charge in [-0.2, -0.15) is 0 Å². The van der Waals surface area contributed by atoms with Gasteiger partial charge in [-0.1, -0.05) is 0 Å². The molecule has 88 valence electrons. The van der Waals surface area contributed by atoms with Gasteiger partial charge >= 0.3 is 0 Å². The van der Waals surface area contributed by atoms with Crippen molar-refractivity contribution in [1.82, 2.24) is 10.2 Å². The van der Waals surface area contributed by atoms with E-state index in [9.17, 15) is 0 Å². The van der Waals surface area contributed by atoms with E-state index in [-0.39, 0.29) is 6.10 Å². The second kappa shape index (κ2) is 4.45. The Balaban J connectivity index is 1.80. The van der Waals surface area contributed by atoms with Gasteiger partial charge in [0.15, 0.2) is 0 Å². The summed E-state index contributed by atoms with van der Waals surface area (Å²) in [5.41, 5.74) is 1.52. The van der Waals surface area contributed by atoms with Gasteiger partial charge in [-0.3, -0.25) is 0 Å². The molecule has 4 heteroatoms. The number of ether oxygens (including phenoxy) is 1. The number of likely N-dealkylation sites (N-methyl/N-ethyl adjacent to an activating group) is 1. The molecule has 0 aliphatic carbocycles. The summed E-state index contributed by atoms with van der Waals surface area (Å²) in [7, 11) is 2.19. The summed E-state index contributed by atoms with van der Waals surface area (Å²) in [6, 6.07) is 2.35. The van der Waals surface area contributed by atoms with Crippen LogP contribution in [0.1, 0.15) is 21.4 Å². The van der Waals surface area contributed by atoms with E-state index >= 15 is 0 Å². The zero-order chi connectivity index (χ0) is 11.0. The summed E-state index contributed by atoms with van der Waals surface area (Å²) in [5, 5.41) is 3.39. The smallest absolute Gasteiger partial charge is 0.104 e. The van der Waals surface area contributed by atoms with E-state index in [0.29, 0.717) is 0 Å². The maximum absolute atomic E-state index is 5.80. The average molecular weight is 238 g/mol. The normalized spacial score (nSPS) is 26.7. The summed E-state index contributed by atoms with van der Waals surface area (Å²) in [6.45, 7) is 5.09. The molecule has 2 aliphatic rings. The van der Waals surface area contributed by atoms with Crippen molar-refractivity contribution in [3.8, 4) is 0 Å². The summed E-state index contributed by atoms with van der Waals surface area (Å²) in [5.74, 6) is 0. The lowest BCUT2D eigenvalue weighted by atomic mass is 10.1. The molecule has 0 saturated carbocycles. The molecule has 3 nitrogen and oxygen atoms in total. The molecule has 1 aromatic heterocycles. The molecule has 0 spiro atoms. The highest BCUT2D eigenvalue weighted by molar-refractivity contribution is 7.12. The Morgan fingerprint density at radius 1 is 1.56 bits per heavy atom. The number of hydrogen-bond donors (Lipinski definition) is 1. The minimum absolute atomic E-state index is 0.287. The molecule has 2 aliphatic heterocycles. The van der Waals surface area contributed by atoms with Gasteiger partial charge in [0.05, 0.1) is 6.61 Å². The molecule has 1 saturated heterocycles. The summed E-state index contributed by atoms with van der Waals surface area (Å²) >= 11 is 1.95. The highest BCUT2D eigenvalue weighted by atomic mass is 32.1. The van der Waals surface area contributed by atoms with E-state index in [1.165, 1.54) is 23.4 Å². The zero-order valence-electron chi connectivity index (χ0n) is 9.66. The van der Waals surface area contributed by atoms with Crippen molar-refractivity contribution in [3.63, 3.8) is 0 Å². The third-order valence-electron chi connectivity index (χ3n) is 3.32. The van der Waals surface area contributed by atoms with Crippen LogP contribution in [0.4, 0.5) is 0 Å². The number of rotatable bonds is 1. The quantitative estimate of drug-likeness (QED) is 0.800. The van der Waals surface area contributed by atoms with Gasteiger partial charge in [-0.25, -0.2) is 0 Å². The topological polar surface area (TPSA) is 24.5 Å². The first-order valence-electron chi connectivity index (χ1n) is 5.95. The van der Waals surface area contributed by atoms with Gasteiger partial charge in [0, 0.05) is 35.9 Å². The van der Waals surface area contributed by atoms with Crippen LogP contribution in [0.15, 0.2) is 6.07 Å². The number of morpholine rings is 1. The minimum atomic E-state index is 0.287. The van der Waals surface area contributed by atoms with Crippen LogP contribution < -0.4 is 5.32 Å². The lowest BCUT2D eigenvalue weighted by Gasteiger charge is -2.22. The molecule has 3 heterocycles. The van der Waals surface area contributed by atoms with Crippen LogP contribution in [-0.4, -0.2) is 38.2 Å². The first-order valence-corrected chi connectivity index (χ1v) is 6.77. The lowest BCUT2D eigenvalue weighted by molar-refractivity contribution is 0.0299. The Hall–Kier alpha value is -0.420. The third-order valence-corrected chi connectivity index (χ3v) is 4.65. The summed E-state index contributed by atoms with van der Waals surface area (Å²) in [4.78, 5) is 5.37. The highest BCUT2D eigenvalue weighted by Gasteiger charge is 2.22. The maximum atomic E-state index is 5.80. The average Bonchev–Trinajstić information content (AvgIpc) is 2.73. The Bertz CT molecular complexity index is 371. The van der Waals surface area contributed by atoms with Crippen molar-refractivity contribution in [1.29, 1.82) is 0 Å². The van der Waals surface area contributed by atoms with Crippen LogP contribution in [0.25, 0.3) is 0 Å². The van der Waals surface area contributed by atoms with E-state index in [4.69, 9.17) is 4.74 Å². The monoisotopic (exact) mass is 238 g/mol. The van der Waals surface area contributed by atoms with Crippen molar-refractivity contribution in [3.05, 3.63) is 21.4 Å². The lowest BCUT2D eigenvalue weighted by Crippen LogP contribution is -2.32. The number of thiophene rings is 1. The van der Waals surface area contributed by atoms with E-state index in [1.807, 2.05) is 11.3 Å². The Kier molecular flexibility index (Phi) is 2.98. The molecule has 1 aromatic rings. The van der Waals surface area contributed by atoms with Crippen LogP contribution in [-0.2, 0) is 17.7 Å². The zero-order valence-corrected chi connectivity index (χ0v) is 10.5. The third kappa shape index (κ3) is 2.02. The molecule has 16 heavy (non-hydrogen) atoms. The molecule has 0 bridgehead atoms. The Morgan fingerprint density at radius 2 is 2.50 bits per heavy atom. The van der Waals surface area contributed by atoms with E-state index in [1.54, 1.807) is 4.88 Å². The standard InChI is InChI=1S/C12H18N2OS/c1-14-4-2-11-9(8-14)6-12(16-11)10-7-13-3-5-15-10/h6,10,13H,2-5,7-8H2,1H3. The molecule has 1 fully saturated rings. The molecule has 1 N–H and O–H groups in total. The van der Waals surface area contributed by atoms with Crippen molar-refractivity contribution in [2.75, 3.05) is 33.3 Å². The first-order chi connectivity index (χ1) is 7.83. The fourth-order valence-corrected chi connectivity index (χ4v) is 3.62. The van der Waals surface area contributed by atoms with E-state index in [0.717, 1.165) is 26.2 Å². The summed E-state index contributed by atoms with van der Waals surface area (Å²) < 4.78 is 5.80. The fourth-order valence-electron chi connectivity index (χ4n) is 2.40. The maximum Gasteiger partial charge on any atom is 0.104 e. The van der Waals surface area contributed by atoms with Crippen LogP contribution in [0.3, 0.4) is 0 Å². The largest absolute Gasteiger partial charge is 0.370 e. The fraction of sp³-hybridized carbons (Fsp3) is 0.667. The van der Waals surface area contributed by atoms with Crippen LogP contribution in [0.2, 0.25) is 0 Å². The van der Waals surface area contributed by atoms with Crippen LogP contribution in [0.5, 0.6) is 0 Å². The van der Waals surface area contributed by atoms with Crippen LogP contribution >= 0.6 is 11.3 Å². The van der Waals surface area contributed by atoms with Crippen molar-refractivity contribution < 1.29 is 4.74 Å². The molecule has 3 rings (SSSR count). The van der Waals surface area contributed by atoms with Gasteiger partial charge in [0.2, 0.25) is 0 Å². The van der Waals surface area contributed by atoms with Crippen molar-refractivity contribution in [2.24, 2.45) is 0 Å². The molecule has 1 atom stereocenters. The van der Waals surface area contributed by atoms with Crippen molar-refractivity contribution in [2.45, 2.75) is 19.1 Å². The molecule has 0 aromatic carbocycles. The predicted molar refractivity (Wildman–Crippen MR) is 65.9 cm³/mol. The molecular formula is C12H18N2OS.